The molecule has 0 aliphatic carbocycles. The summed E-state index contributed by atoms with van der Waals surface area (Å²) in [5, 5.41) is 3.81. The lowest BCUT2D eigenvalue weighted by molar-refractivity contribution is -0.140. The van der Waals surface area contributed by atoms with Crippen molar-refractivity contribution >= 4 is 35.0 Å². The van der Waals surface area contributed by atoms with Crippen molar-refractivity contribution in [2.24, 2.45) is 5.92 Å². The minimum Gasteiger partial charge on any atom is -0.497 e. The Hall–Kier alpha value is -2.24. The van der Waals surface area contributed by atoms with Gasteiger partial charge in [0.1, 0.15) is 11.8 Å². The van der Waals surface area contributed by atoms with Crippen LogP contribution in [0.3, 0.4) is 0 Å². The van der Waals surface area contributed by atoms with Gasteiger partial charge in [0.15, 0.2) is 0 Å². The standard InChI is InChI=1S/C23H28Cl2N2O3/c1-15(2)13-26-23(29)16(3)27(14-19-20(24)6-5-7-21(19)25)22(28)12-17-8-10-18(30-4)11-9-17/h5-11,15-16H,12-14H2,1-4H3,(H,26,29)/t16-/m0/s1. The van der Waals surface area contributed by atoms with Gasteiger partial charge in [0, 0.05) is 28.7 Å². The average Bonchev–Trinajstić information content (AvgIpc) is 2.71. The highest BCUT2D eigenvalue weighted by molar-refractivity contribution is 6.36. The number of benzene rings is 2. The maximum atomic E-state index is 13.2. The lowest BCUT2D eigenvalue weighted by Gasteiger charge is -2.29. The van der Waals surface area contributed by atoms with Crippen LogP contribution in [0.15, 0.2) is 42.5 Å². The molecule has 0 fully saturated rings. The molecule has 0 spiro atoms. The Morgan fingerprint density at radius 2 is 1.63 bits per heavy atom. The molecule has 2 amide bonds. The quantitative estimate of drug-likeness (QED) is 0.600. The van der Waals surface area contributed by atoms with Crippen molar-refractivity contribution in [3.8, 4) is 5.75 Å². The van der Waals surface area contributed by atoms with Crippen LogP contribution in [-0.4, -0.2) is 36.4 Å². The summed E-state index contributed by atoms with van der Waals surface area (Å²) in [7, 11) is 1.59. The minimum atomic E-state index is -0.679. The Balaban J connectivity index is 2.26. The van der Waals surface area contributed by atoms with E-state index in [4.69, 9.17) is 27.9 Å². The third-order valence-electron chi connectivity index (χ3n) is 4.76. The molecule has 0 aliphatic heterocycles. The van der Waals surface area contributed by atoms with Gasteiger partial charge in [-0.25, -0.2) is 0 Å². The maximum absolute atomic E-state index is 13.2. The molecule has 0 aromatic heterocycles. The molecular weight excluding hydrogens is 423 g/mol. The fourth-order valence-corrected chi connectivity index (χ4v) is 3.43. The van der Waals surface area contributed by atoms with E-state index in [-0.39, 0.29) is 24.8 Å². The molecule has 1 atom stereocenters. The molecule has 2 rings (SSSR count). The van der Waals surface area contributed by atoms with Crippen molar-refractivity contribution in [1.82, 2.24) is 10.2 Å². The monoisotopic (exact) mass is 450 g/mol. The number of nitrogens with one attached hydrogen (secondary N) is 1. The van der Waals surface area contributed by atoms with Gasteiger partial charge in [-0.1, -0.05) is 55.2 Å². The number of ether oxygens (including phenoxy) is 1. The van der Waals surface area contributed by atoms with Crippen LogP contribution in [0, 0.1) is 5.92 Å². The predicted octanol–water partition coefficient (Wildman–Crippen LogP) is 4.73. The Labute approximate surface area is 188 Å². The highest BCUT2D eigenvalue weighted by Gasteiger charge is 2.27. The molecular formula is C23H28Cl2N2O3. The molecule has 2 aromatic rings. The number of hydrogen-bond acceptors (Lipinski definition) is 3. The molecule has 1 N–H and O–H groups in total. The SMILES string of the molecule is COc1ccc(CC(=O)N(Cc2c(Cl)cccc2Cl)[C@@H](C)C(=O)NCC(C)C)cc1. The third kappa shape index (κ3) is 6.64. The summed E-state index contributed by atoms with van der Waals surface area (Å²) in [4.78, 5) is 27.4. The first-order valence-electron chi connectivity index (χ1n) is 9.86. The highest BCUT2D eigenvalue weighted by atomic mass is 35.5. The van der Waals surface area contributed by atoms with Crippen LogP contribution >= 0.6 is 23.2 Å². The van der Waals surface area contributed by atoms with Gasteiger partial charge in [-0.05, 0) is 42.7 Å². The fourth-order valence-electron chi connectivity index (χ4n) is 2.91. The molecule has 0 saturated heterocycles. The van der Waals surface area contributed by atoms with E-state index >= 15 is 0 Å². The average molecular weight is 451 g/mol. The number of carbonyl (C=O) groups excluding carboxylic acids is 2. The van der Waals surface area contributed by atoms with Crippen LogP contribution in [0.4, 0.5) is 0 Å². The summed E-state index contributed by atoms with van der Waals surface area (Å²) in [6.45, 7) is 6.43. The molecule has 0 saturated carbocycles. The molecule has 0 heterocycles. The number of methoxy groups -OCH3 is 1. The van der Waals surface area contributed by atoms with E-state index in [9.17, 15) is 9.59 Å². The molecule has 2 aromatic carbocycles. The Morgan fingerprint density at radius 1 is 1.03 bits per heavy atom. The molecule has 7 heteroatoms. The Morgan fingerprint density at radius 3 is 2.17 bits per heavy atom. The number of halogens is 2. The van der Waals surface area contributed by atoms with E-state index in [1.54, 1.807) is 44.4 Å². The lowest BCUT2D eigenvalue weighted by Crippen LogP contribution is -2.48. The number of hydrogen-bond donors (Lipinski definition) is 1. The summed E-state index contributed by atoms with van der Waals surface area (Å²) < 4.78 is 5.17. The van der Waals surface area contributed by atoms with Gasteiger partial charge in [-0.3, -0.25) is 9.59 Å². The zero-order valence-electron chi connectivity index (χ0n) is 17.7. The Bertz CT molecular complexity index is 849. The van der Waals surface area contributed by atoms with Crippen LogP contribution < -0.4 is 10.1 Å². The van der Waals surface area contributed by atoms with Crippen LogP contribution in [0.5, 0.6) is 5.75 Å². The van der Waals surface area contributed by atoms with Crippen LogP contribution in [0.1, 0.15) is 31.9 Å². The first kappa shape index (κ1) is 24.0. The summed E-state index contributed by atoms with van der Waals surface area (Å²) >= 11 is 12.6. The summed E-state index contributed by atoms with van der Waals surface area (Å²) in [5.41, 5.74) is 1.44. The summed E-state index contributed by atoms with van der Waals surface area (Å²) in [6.07, 6.45) is 0.147. The van der Waals surface area contributed by atoms with Gasteiger partial charge in [0.2, 0.25) is 11.8 Å². The van der Waals surface area contributed by atoms with Crippen molar-refractivity contribution in [3.63, 3.8) is 0 Å². The number of carbonyl (C=O) groups is 2. The zero-order chi connectivity index (χ0) is 22.3. The van der Waals surface area contributed by atoms with E-state index < -0.39 is 6.04 Å². The molecule has 0 radical (unpaired) electrons. The van der Waals surface area contributed by atoms with Crippen molar-refractivity contribution < 1.29 is 14.3 Å². The van der Waals surface area contributed by atoms with Crippen molar-refractivity contribution in [3.05, 3.63) is 63.6 Å². The normalized spacial score (nSPS) is 11.8. The van der Waals surface area contributed by atoms with E-state index in [1.807, 2.05) is 26.0 Å². The van der Waals surface area contributed by atoms with Crippen molar-refractivity contribution in [1.29, 1.82) is 0 Å². The Kier molecular flexibility index (Phi) is 9.00. The third-order valence-corrected chi connectivity index (χ3v) is 5.46. The van der Waals surface area contributed by atoms with Crippen LogP contribution in [0.25, 0.3) is 0 Å². The second-order valence-corrected chi connectivity index (χ2v) is 8.38. The van der Waals surface area contributed by atoms with E-state index in [1.165, 1.54) is 4.90 Å². The fraction of sp³-hybridized carbons (Fsp3) is 0.391. The molecule has 0 unspecified atom stereocenters. The first-order valence-corrected chi connectivity index (χ1v) is 10.6. The number of nitrogens with zero attached hydrogens (tertiary/aromatic N) is 1. The van der Waals surface area contributed by atoms with E-state index in [0.717, 1.165) is 5.56 Å². The van der Waals surface area contributed by atoms with E-state index in [2.05, 4.69) is 5.32 Å². The zero-order valence-corrected chi connectivity index (χ0v) is 19.3. The van der Waals surface area contributed by atoms with Crippen molar-refractivity contribution in [2.45, 2.75) is 39.8 Å². The van der Waals surface area contributed by atoms with Gasteiger partial charge in [-0.2, -0.15) is 0 Å². The highest BCUT2D eigenvalue weighted by Crippen LogP contribution is 2.27. The van der Waals surface area contributed by atoms with E-state index in [0.29, 0.717) is 33.8 Å². The van der Waals surface area contributed by atoms with Gasteiger partial charge in [0.25, 0.3) is 0 Å². The molecule has 0 bridgehead atoms. The number of rotatable bonds is 9. The van der Waals surface area contributed by atoms with Gasteiger partial charge >= 0.3 is 0 Å². The van der Waals surface area contributed by atoms with Crippen molar-refractivity contribution in [2.75, 3.05) is 13.7 Å². The van der Waals surface area contributed by atoms with Gasteiger partial charge in [-0.15, -0.1) is 0 Å². The topological polar surface area (TPSA) is 58.6 Å². The van der Waals surface area contributed by atoms with Gasteiger partial charge < -0.3 is 15.0 Å². The predicted molar refractivity (Wildman–Crippen MR) is 121 cm³/mol. The maximum Gasteiger partial charge on any atom is 0.242 e. The summed E-state index contributed by atoms with van der Waals surface area (Å²) in [5.74, 6) is 0.619. The lowest BCUT2D eigenvalue weighted by atomic mass is 10.1. The number of amides is 2. The van der Waals surface area contributed by atoms with Crippen LogP contribution in [0.2, 0.25) is 10.0 Å². The molecule has 5 nitrogen and oxygen atoms in total. The molecule has 162 valence electrons. The first-order chi connectivity index (χ1) is 14.2. The molecule has 0 aliphatic rings. The molecule has 30 heavy (non-hydrogen) atoms. The smallest absolute Gasteiger partial charge is 0.242 e. The largest absolute Gasteiger partial charge is 0.497 e. The summed E-state index contributed by atoms with van der Waals surface area (Å²) in [6, 6.07) is 11.8. The second kappa shape index (κ2) is 11.2. The van der Waals surface area contributed by atoms with Crippen LogP contribution in [-0.2, 0) is 22.6 Å². The minimum absolute atomic E-state index is 0.143. The second-order valence-electron chi connectivity index (χ2n) is 7.56. The van der Waals surface area contributed by atoms with Gasteiger partial charge in [0.05, 0.1) is 13.5 Å².